The van der Waals surface area contributed by atoms with Crippen molar-refractivity contribution in [1.82, 2.24) is 4.57 Å². The summed E-state index contributed by atoms with van der Waals surface area (Å²) in [5.74, 6) is 0.841. The molecule has 0 bridgehead atoms. The molecule has 0 atom stereocenters. The van der Waals surface area contributed by atoms with Crippen molar-refractivity contribution in [3.63, 3.8) is 0 Å². The van der Waals surface area contributed by atoms with Gasteiger partial charge in [-0.25, -0.2) is 0 Å². The average molecular weight is 229 g/mol. The fourth-order valence-electron chi connectivity index (χ4n) is 2.18. The third-order valence-corrected chi connectivity index (χ3v) is 2.85. The molecule has 0 spiro atoms. The fraction of sp³-hybridized carbons (Fsp3) is 0.400. The normalized spacial score (nSPS) is 11.3. The molecular weight excluding hydrogens is 210 g/mol. The van der Waals surface area contributed by atoms with Crippen molar-refractivity contribution in [3.8, 4) is 0 Å². The van der Waals surface area contributed by atoms with Gasteiger partial charge in [0.2, 0.25) is 0 Å². The van der Waals surface area contributed by atoms with E-state index in [0.717, 1.165) is 12.1 Å². The molecule has 90 valence electrons. The lowest BCUT2D eigenvalue weighted by atomic mass is 10.1. The Balaban J connectivity index is 2.39. The van der Waals surface area contributed by atoms with E-state index in [4.69, 9.17) is 0 Å². The second kappa shape index (κ2) is 4.74. The molecule has 0 unspecified atom stereocenters. The maximum absolute atomic E-state index is 11.1. The molecule has 1 heterocycles. The van der Waals surface area contributed by atoms with Gasteiger partial charge in [-0.15, -0.1) is 0 Å². The number of carbonyl (C=O) groups is 1. The summed E-state index contributed by atoms with van der Waals surface area (Å²) in [5, 5.41) is 1.25. The van der Waals surface area contributed by atoms with E-state index in [2.05, 4.69) is 42.8 Å². The Bertz CT molecular complexity index is 537. The summed E-state index contributed by atoms with van der Waals surface area (Å²) in [6.07, 6.45) is 2.66. The highest BCUT2D eigenvalue weighted by atomic mass is 16.1. The molecule has 0 aliphatic rings. The second-order valence-electron chi connectivity index (χ2n) is 5.13. The van der Waals surface area contributed by atoms with Gasteiger partial charge in [-0.2, -0.15) is 0 Å². The number of carbonyl (C=O) groups excluding carboxylic acids is 1. The van der Waals surface area contributed by atoms with Crippen LogP contribution < -0.4 is 0 Å². The molecule has 0 fully saturated rings. The standard InChI is InChI=1S/C15H19NO/c1-11(2)10-16-7-6-14-5-4-13(8-12(3)17)9-15(14)16/h4-7,9,11H,8,10H2,1-3H3. The van der Waals surface area contributed by atoms with E-state index in [1.54, 1.807) is 6.92 Å². The Morgan fingerprint density at radius 1 is 1.29 bits per heavy atom. The van der Waals surface area contributed by atoms with Crippen LogP contribution in [0.15, 0.2) is 30.5 Å². The van der Waals surface area contributed by atoms with Crippen molar-refractivity contribution < 1.29 is 4.79 Å². The summed E-state index contributed by atoms with van der Waals surface area (Å²) >= 11 is 0. The zero-order valence-electron chi connectivity index (χ0n) is 10.7. The van der Waals surface area contributed by atoms with Crippen molar-refractivity contribution in [3.05, 3.63) is 36.0 Å². The minimum atomic E-state index is 0.214. The van der Waals surface area contributed by atoms with E-state index < -0.39 is 0 Å². The Hall–Kier alpha value is -1.57. The quantitative estimate of drug-likeness (QED) is 0.787. The van der Waals surface area contributed by atoms with Gasteiger partial charge in [0.05, 0.1) is 0 Å². The number of aromatic nitrogens is 1. The van der Waals surface area contributed by atoms with Gasteiger partial charge in [0.1, 0.15) is 5.78 Å². The lowest BCUT2D eigenvalue weighted by Crippen LogP contribution is -2.03. The van der Waals surface area contributed by atoms with Crippen molar-refractivity contribution in [2.24, 2.45) is 5.92 Å². The molecule has 2 aromatic rings. The number of hydrogen-bond acceptors (Lipinski definition) is 1. The Morgan fingerprint density at radius 3 is 2.71 bits per heavy atom. The van der Waals surface area contributed by atoms with Gasteiger partial charge in [0.15, 0.2) is 0 Å². The van der Waals surface area contributed by atoms with Crippen LogP contribution in [0.4, 0.5) is 0 Å². The highest BCUT2D eigenvalue weighted by Gasteiger charge is 2.05. The van der Waals surface area contributed by atoms with Crippen LogP contribution in [0, 0.1) is 5.92 Å². The minimum absolute atomic E-state index is 0.214. The monoisotopic (exact) mass is 229 g/mol. The minimum Gasteiger partial charge on any atom is -0.347 e. The number of benzene rings is 1. The van der Waals surface area contributed by atoms with Gasteiger partial charge < -0.3 is 4.57 Å². The highest BCUT2D eigenvalue weighted by Crippen LogP contribution is 2.19. The first-order valence-electron chi connectivity index (χ1n) is 6.13. The van der Waals surface area contributed by atoms with Crippen LogP contribution >= 0.6 is 0 Å². The summed E-state index contributed by atoms with van der Waals surface area (Å²) in [7, 11) is 0. The number of rotatable bonds is 4. The Morgan fingerprint density at radius 2 is 2.06 bits per heavy atom. The molecule has 0 amide bonds. The molecule has 1 aromatic carbocycles. The molecule has 2 heteroatoms. The first kappa shape index (κ1) is 11.9. The Kier molecular flexibility index (Phi) is 3.32. The van der Waals surface area contributed by atoms with E-state index in [9.17, 15) is 4.79 Å². The molecule has 0 saturated heterocycles. The van der Waals surface area contributed by atoms with E-state index in [-0.39, 0.29) is 5.78 Å². The molecule has 2 nitrogen and oxygen atoms in total. The van der Waals surface area contributed by atoms with Gasteiger partial charge in [-0.05, 0) is 35.9 Å². The van der Waals surface area contributed by atoms with E-state index >= 15 is 0 Å². The van der Waals surface area contributed by atoms with Crippen LogP contribution in [0.25, 0.3) is 10.9 Å². The summed E-state index contributed by atoms with van der Waals surface area (Å²) in [5.41, 5.74) is 2.34. The van der Waals surface area contributed by atoms with E-state index in [1.165, 1.54) is 10.9 Å². The largest absolute Gasteiger partial charge is 0.347 e. The number of ketones is 1. The smallest absolute Gasteiger partial charge is 0.134 e. The molecule has 0 radical (unpaired) electrons. The average Bonchev–Trinajstić information content (AvgIpc) is 2.59. The van der Waals surface area contributed by atoms with Crippen LogP contribution in [-0.4, -0.2) is 10.4 Å². The number of Topliss-reactive ketones (excluding diaryl/α,β-unsaturated/α-hetero) is 1. The van der Waals surface area contributed by atoms with E-state index in [0.29, 0.717) is 12.3 Å². The molecule has 2 rings (SSSR count). The molecule has 0 N–H and O–H groups in total. The third kappa shape index (κ3) is 2.76. The first-order chi connectivity index (χ1) is 8.06. The number of nitrogens with zero attached hydrogens (tertiary/aromatic N) is 1. The molecular formula is C15H19NO. The predicted molar refractivity (Wildman–Crippen MR) is 71.2 cm³/mol. The zero-order chi connectivity index (χ0) is 12.4. The van der Waals surface area contributed by atoms with Crippen LogP contribution in [0.5, 0.6) is 0 Å². The lowest BCUT2D eigenvalue weighted by molar-refractivity contribution is -0.116. The predicted octanol–water partition coefficient (Wildman–Crippen LogP) is 3.43. The van der Waals surface area contributed by atoms with Crippen LogP contribution in [0.1, 0.15) is 26.3 Å². The SMILES string of the molecule is CC(=O)Cc1ccc2ccn(CC(C)C)c2c1. The molecule has 0 aliphatic carbocycles. The van der Waals surface area contributed by atoms with Gasteiger partial charge >= 0.3 is 0 Å². The lowest BCUT2D eigenvalue weighted by Gasteiger charge is -2.09. The van der Waals surface area contributed by atoms with Gasteiger partial charge in [0, 0.05) is 24.7 Å². The zero-order valence-corrected chi connectivity index (χ0v) is 10.7. The van der Waals surface area contributed by atoms with Crippen LogP contribution in [0.2, 0.25) is 0 Å². The van der Waals surface area contributed by atoms with Gasteiger partial charge in [0.25, 0.3) is 0 Å². The van der Waals surface area contributed by atoms with Gasteiger partial charge in [-0.1, -0.05) is 26.0 Å². The van der Waals surface area contributed by atoms with Crippen molar-refractivity contribution in [1.29, 1.82) is 0 Å². The number of hydrogen-bond donors (Lipinski definition) is 0. The van der Waals surface area contributed by atoms with Crippen LogP contribution in [0.3, 0.4) is 0 Å². The summed E-state index contributed by atoms with van der Waals surface area (Å²) in [4.78, 5) is 11.1. The Labute approximate surface area is 102 Å². The summed E-state index contributed by atoms with van der Waals surface area (Å²) in [6, 6.07) is 8.42. The fourth-order valence-corrected chi connectivity index (χ4v) is 2.18. The van der Waals surface area contributed by atoms with Crippen molar-refractivity contribution in [2.45, 2.75) is 33.7 Å². The molecule has 0 aliphatic heterocycles. The maximum atomic E-state index is 11.1. The van der Waals surface area contributed by atoms with Gasteiger partial charge in [-0.3, -0.25) is 4.79 Å². The number of fused-ring (bicyclic) bond motifs is 1. The second-order valence-corrected chi connectivity index (χ2v) is 5.13. The third-order valence-electron chi connectivity index (χ3n) is 2.85. The first-order valence-corrected chi connectivity index (χ1v) is 6.13. The molecule has 17 heavy (non-hydrogen) atoms. The van der Waals surface area contributed by atoms with E-state index in [1.807, 2.05) is 6.07 Å². The summed E-state index contributed by atoms with van der Waals surface area (Å²) in [6.45, 7) is 7.08. The van der Waals surface area contributed by atoms with Crippen molar-refractivity contribution >= 4 is 16.7 Å². The summed E-state index contributed by atoms with van der Waals surface area (Å²) < 4.78 is 2.27. The van der Waals surface area contributed by atoms with Crippen LogP contribution in [-0.2, 0) is 17.8 Å². The van der Waals surface area contributed by atoms with Crippen molar-refractivity contribution in [2.75, 3.05) is 0 Å². The molecule has 0 saturated carbocycles. The topological polar surface area (TPSA) is 22.0 Å². The highest BCUT2D eigenvalue weighted by molar-refractivity contribution is 5.83. The maximum Gasteiger partial charge on any atom is 0.134 e. The molecule has 1 aromatic heterocycles.